The van der Waals surface area contributed by atoms with Gasteiger partial charge in [-0.2, -0.15) is 0 Å². The topological polar surface area (TPSA) is 32.3 Å². The number of carbonyl (C=O) groups excluding carboxylic acids is 1. The zero-order valence-electron chi connectivity index (χ0n) is 9.24. The number of likely N-dealkylation sites (tertiary alicyclic amines) is 1. The van der Waals surface area contributed by atoms with E-state index in [1.165, 1.54) is 32.1 Å². The average molecular weight is 208 g/mol. The minimum absolute atomic E-state index is 0.385. The van der Waals surface area contributed by atoms with E-state index in [9.17, 15) is 4.79 Å². The van der Waals surface area contributed by atoms with Gasteiger partial charge in [-0.05, 0) is 38.0 Å². The lowest BCUT2D eigenvalue weighted by atomic mass is 10.1. The molecule has 1 N–H and O–H groups in total. The summed E-state index contributed by atoms with van der Waals surface area (Å²) in [5, 5.41) is 3.41. The molecule has 1 heterocycles. The molecule has 3 rings (SSSR count). The van der Waals surface area contributed by atoms with Crippen molar-refractivity contribution in [1.29, 1.82) is 0 Å². The van der Waals surface area contributed by atoms with Crippen LogP contribution in [0.5, 0.6) is 0 Å². The van der Waals surface area contributed by atoms with E-state index in [0.29, 0.717) is 18.4 Å². The molecule has 15 heavy (non-hydrogen) atoms. The lowest BCUT2D eigenvalue weighted by Crippen LogP contribution is -2.39. The average Bonchev–Trinajstić information content (AvgIpc) is 2.83. The summed E-state index contributed by atoms with van der Waals surface area (Å²) >= 11 is 0. The number of nitrogens with zero attached hydrogens (tertiary/aromatic N) is 1. The third kappa shape index (κ3) is 2.03. The minimum atomic E-state index is 0.385. The van der Waals surface area contributed by atoms with Gasteiger partial charge in [0, 0.05) is 31.6 Å². The zero-order valence-corrected chi connectivity index (χ0v) is 9.24. The molecule has 2 atom stereocenters. The van der Waals surface area contributed by atoms with Crippen molar-refractivity contribution < 1.29 is 4.79 Å². The lowest BCUT2D eigenvalue weighted by Gasteiger charge is -2.27. The molecule has 0 aromatic carbocycles. The minimum Gasteiger partial charge on any atom is -0.339 e. The number of piperidine rings is 1. The first kappa shape index (κ1) is 9.64. The number of nitrogens with one attached hydrogen (secondary N) is 1. The predicted octanol–water partition coefficient (Wildman–Crippen LogP) is 1.14. The summed E-state index contributed by atoms with van der Waals surface area (Å²) in [6.45, 7) is 1.93. The molecule has 3 aliphatic rings. The van der Waals surface area contributed by atoms with Gasteiger partial charge in [-0.25, -0.2) is 0 Å². The first-order valence-corrected chi connectivity index (χ1v) is 6.36. The van der Waals surface area contributed by atoms with Crippen LogP contribution >= 0.6 is 0 Å². The molecule has 0 spiro atoms. The van der Waals surface area contributed by atoms with E-state index in [1.54, 1.807) is 0 Å². The largest absolute Gasteiger partial charge is 0.339 e. The number of amides is 1. The summed E-state index contributed by atoms with van der Waals surface area (Å²) in [5.41, 5.74) is 0. The van der Waals surface area contributed by atoms with Crippen molar-refractivity contribution in [3.63, 3.8) is 0 Å². The van der Waals surface area contributed by atoms with Crippen LogP contribution in [-0.4, -0.2) is 36.0 Å². The van der Waals surface area contributed by atoms with E-state index in [0.717, 1.165) is 25.0 Å². The quantitative estimate of drug-likeness (QED) is 0.751. The highest BCUT2D eigenvalue weighted by Crippen LogP contribution is 2.37. The van der Waals surface area contributed by atoms with E-state index in [4.69, 9.17) is 0 Å². The zero-order chi connectivity index (χ0) is 10.3. The Labute approximate surface area is 91.2 Å². The maximum atomic E-state index is 11.9. The standard InChI is InChI=1S/C12H20N2O/c15-12(5-6-13-10-2-3-10)14-8-9-1-4-11(14)7-9/h9-11,13H,1-8H2. The van der Waals surface area contributed by atoms with Gasteiger partial charge in [0.05, 0.1) is 0 Å². The Morgan fingerprint density at radius 3 is 2.73 bits per heavy atom. The SMILES string of the molecule is O=C(CCNC1CC1)N1CC2CCC1C2. The van der Waals surface area contributed by atoms with Gasteiger partial charge in [0.2, 0.25) is 5.91 Å². The van der Waals surface area contributed by atoms with Gasteiger partial charge >= 0.3 is 0 Å². The monoisotopic (exact) mass is 208 g/mol. The van der Waals surface area contributed by atoms with Crippen LogP contribution in [0.4, 0.5) is 0 Å². The van der Waals surface area contributed by atoms with E-state index in [2.05, 4.69) is 10.2 Å². The molecule has 2 saturated carbocycles. The summed E-state index contributed by atoms with van der Waals surface area (Å²) in [6.07, 6.45) is 7.22. The van der Waals surface area contributed by atoms with Gasteiger partial charge in [0.25, 0.3) is 0 Å². The Bertz CT molecular complexity index is 262. The molecule has 3 fully saturated rings. The molecule has 2 aliphatic carbocycles. The molecular formula is C12H20N2O. The Balaban J connectivity index is 1.43. The molecule has 3 heteroatoms. The van der Waals surface area contributed by atoms with Crippen LogP contribution < -0.4 is 5.32 Å². The number of carbonyl (C=O) groups is 1. The van der Waals surface area contributed by atoms with Crippen molar-refractivity contribution in [2.24, 2.45) is 5.92 Å². The number of hydrogen-bond acceptors (Lipinski definition) is 2. The van der Waals surface area contributed by atoms with Crippen molar-refractivity contribution in [2.45, 2.75) is 50.6 Å². The maximum Gasteiger partial charge on any atom is 0.224 e. The van der Waals surface area contributed by atoms with Crippen molar-refractivity contribution in [3.05, 3.63) is 0 Å². The second-order valence-corrected chi connectivity index (χ2v) is 5.36. The molecule has 1 aliphatic heterocycles. The molecule has 84 valence electrons. The van der Waals surface area contributed by atoms with Crippen molar-refractivity contribution >= 4 is 5.91 Å². The van der Waals surface area contributed by atoms with Crippen LogP contribution in [0.2, 0.25) is 0 Å². The fourth-order valence-electron chi connectivity index (χ4n) is 3.04. The molecule has 0 radical (unpaired) electrons. The molecule has 1 saturated heterocycles. The van der Waals surface area contributed by atoms with Gasteiger partial charge in [0.1, 0.15) is 0 Å². The highest BCUT2D eigenvalue weighted by molar-refractivity contribution is 5.77. The van der Waals surface area contributed by atoms with Gasteiger partial charge < -0.3 is 10.2 Å². The Morgan fingerprint density at radius 1 is 1.27 bits per heavy atom. The fourth-order valence-corrected chi connectivity index (χ4v) is 3.04. The van der Waals surface area contributed by atoms with Gasteiger partial charge in [-0.3, -0.25) is 4.79 Å². The second kappa shape index (κ2) is 3.78. The smallest absolute Gasteiger partial charge is 0.224 e. The van der Waals surface area contributed by atoms with Crippen molar-refractivity contribution in [3.8, 4) is 0 Å². The molecule has 0 aromatic heterocycles. The molecule has 2 unspecified atom stereocenters. The van der Waals surface area contributed by atoms with Gasteiger partial charge in [-0.15, -0.1) is 0 Å². The van der Waals surface area contributed by atoms with Crippen molar-refractivity contribution in [2.75, 3.05) is 13.1 Å². The van der Waals surface area contributed by atoms with Crippen LogP contribution in [-0.2, 0) is 4.79 Å². The first-order chi connectivity index (χ1) is 7.33. The second-order valence-electron chi connectivity index (χ2n) is 5.36. The molecule has 2 bridgehead atoms. The van der Waals surface area contributed by atoms with Crippen LogP contribution in [0, 0.1) is 5.92 Å². The summed E-state index contributed by atoms with van der Waals surface area (Å²) in [4.78, 5) is 14.1. The summed E-state index contributed by atoms with van der Waals surface area (Å²) < 4.78 is 0. The Hall–Kier alpha value is -0.570. The number of rotatable bonds is 4. The van der Waals surface area contributed by atoms with E-state index in [-0.39, 0.29) is 0 Å². The van der Waals surface area contributed by atoms with Crippen LogP contribution in [0.15, 0.2) is 0 Å². The molecular weight excluding hydrogens is 188 g/mol. The number of hydrogen-bond donors (Lipinski definition) is 1. The van der Waals surface area contributed by atoms with E-state index in [1.807, 2.05) is 0 Å². The number of fused-ring (bicyclic) bond motifs is 2. The maximum absolute atomic E-state index is 11.9. The Kier molecular flexibility index (Phi) is 2.43. The predicted molar refractivity (Wildman–Crippen MR) is 58.5 cm³/mol. The Morgan fingerprint density at radius 2 is 2.13 bits per heavy atom. The van der Waals surface area contributed by atoms with Gasteiger partial charge in [-0.1, -0.05) is 0 Å². The van der Waals surface area contributed by atoms with Crippen LogP contribution in [0.25, 0.3) is 0 Å². The lowest BCUT2D eigenvalue weighted by molar-refractivity contribution is -0.132. The summed E-state index contributed by atoms with van der Waals surface area (Å²) in [6, 6.07) is 1.33. The first-order valence-electron chi connectivity index (χ1n) is 6.36. The van der Waals surface area contributed by atoms with Crippen molar-refractivity contribution in [1.82, 2.24) is 10.2 Å². The fraction of sp³-hybridized carbons (Fsp3) is 0.917. The highest BCUT2D eigenvalue weighted by Gasteiger charge is 2.39. The normalized spacial score (nSPS) is 33.7. The highest BCUT2D eigenvalue weighted by atomic mass is 16.2. The van der Waals surface area contributed by atoms with Gasteiger partial charge in [0.15, 0.2) is 0 Å². The third-order valence-electron chi connectivity index (χ3n) is 4.08. The third-order valence-corrected chi connectivity index (χ3v) is 4.08. The van der Waals surface area contributed by atoms with E-state index < -0.39 is 0 Å². The molecule has 0 aromatic rings. The van der Waals surface area contributed by atoms with E-state index >= 15 is 0 Å². The molecule has 1 amide bonds. The van der Waals surface area contributed by atoms with Crippen LogP contribution in [0.3, 0.4) is 0 Å². The summed E-state index contributed by atoms with van der Waals surface area (Å²) in [7, 11) is 0. The molecule has 3 nitrogen and oxygen atoms in total. The van der Waals surface area contributed by atoms with Crippen LogP contribution in [0.1, 0.15) is 38.5 Å². The summed E-state index contributed by atoms with van der Waals surface area (Å²) in [5.74, 6) is 1.21.